The fourth-order valence-electron chi connectivity index (χ4n) is 2.19. The lowest BCUT2D eigenvalue weighted by molar-refractivity contribution is 0.530. The molecule has 2 heterocycles. The zero-order valence-corrected chi connectivity index (χ0v) is 13.8. The predicted octanol–water partition coefficient (Wildman–Crippen LogP) is 4.70. The van der Waals surface area contributed by atoms with Crippen LogP contribution in [-0.2, 0) is 6.42 Å². The van der Waals surface area contributed by atoms with E-state index in [-0.39, 0.29) is 6.04 Å². The monoisotopic (exact) mass is 308 g/mol. The lowest BCUT2D eigenvalue weighted by Crippen LogP contribution is -2.24. The number of nitrogens with one attached hydrogen (secondary N) is 1. The summed E-state index contributed by atoms with van der Waals surface area (Å²) in [4.78, 5) is 5.73. The molecule has 0 amide bonds. The molecular formula is C16H21ClN2S. The number of rotatable bonds is 6. The van der Waals surface area contributed by atoms with E-state index < -0.39 is 0 Å². The summed E-state index contributed by atoms with van der Waals surface area (Å²) in [6, 6.07) is 4.34. The van der Waals surface area contributed by atoms with Crippen molar-refractivity contribution in [2.24, 2.45) is 0 Å². The molecule has 0 aliphatic carbocycles. The molecule has 4 heteroatoms. The molecule has 0 radical (unpaired) electrons. The smallest absolute Gasteiger partial charge is 0.0590 e. The van der Waals surface area contributed by atoms with Crippen LogP contribution < -0.4 is 5.32 Å². The van der Waals surface area contributed by atoms with Crippen molar-refractivity contribution in [1.82, 2.24) is 10.3 Å². The Kier molecular flexibility index (Phi) is 5.58. The van der Waals surface area contributed by atoms with Gasteiger partial charge in [-0.25, -0.2) is 0 Å². The van der Waals surface area contributed by atoms with Crippen LogP contribution in [0, 0.1) is 13.8 Å². The van der Waals surface area contributed by atoms with Gasteiger partial charge < -0.3 is 5.32 Å². The van der Waals surface area contributed by atoms with Crippen LogP contribution >= 0.6 is 22.9 Å². The summed E-state index contributed by atoms with van der Waals surface area (Å²) >= 11 is 8.18. The van der Waals surface area contributed by atoms with Gasteiger partial charge in [0.1, 0.15) is 0 Å². The minimum atomic E-state index is 0.245. The molecule has 20 heavy (non-hydrogen) atoms. The number of nitrogens with zero attached hydrogens (tertiary/aromatic N) is 1. The van der Waals surface area contributed by atoms with Crippen LogP contribution in [0.2, 0.25) is 5.02 Å². The molecule has 2 aromatic heterocycles. The Bertz CT molecular complexity index is 565. The molecule has 108 valence electrons. The molecule has 2 aromatic rings. The molecular weight excluding hydrogens is 288 g/mol. The first-order chi connectivity index (χ1) is 9.63. The number of halogens is 1. The van der Waals surface area contributed by atoms with Gasteiger partial charge in [-0.05, 0) is 49.4 Å². The third-order valence-electron chi connectivity index (χ3n) is 3.40. The SMILES string of the molecule is CCCNC(Cc1ncccc1C)c1scc(C)c1Cl. The van der Waals surface area contributed by atoms with Crippen molar-refractivity contribution in [2.45, 2.75) is 39.7 Å². The first-order valence-electron chi connectivity index (χ1n) is 7.00. The van der Waals surface area contributed by atoms with Gasteiger partial charge in [-0.15, -0.1) is 11.3 Å². The highest BCUT2D eigenvalue weighted by atomic mass is 35.5. The zero-order chi connectivity index (χ0) is 14.5. The van der Waals surface area contributed by atoms with Gasteiger partial charge in [0.15, 0.2) is 0 Å². The van der Waals surface area contributed by atoms with Crippen LogP contribution in [0.5, 0.6) is 0 Å². The van der Waals surface area contributed by atoms with Crippen LogP contribution in [0.3, 0.4) is 0 Å². The zero-order valence-electron chi connectivity index (χ0n) is 12.2. The normalized spacial score (nSPS) is 12.6. The minimum Gasteiger partial charge on any atom is -0.309 e. The molecule has 0 aliphatic rings. The van der Waals surface area contributed by atoms with E-state index in [4.69, 9.17) is 11.6 Å². The summed E-state index contributed by atoms with van der Waals surface area (Å²) in [7, 11) is 0. The Balaban J connectivity index is 2.24. The Morgan fingerprint density at radius 2 is 2.15 bits per heavy atom. The standard InChI is InChI=1S/C16H21ClN2S/c1-4-7-18-14(16-15(17)12(3)10-20-16)9-13-11(2)6-5-8-19-13/h5-6,8,10,14,18H,4,7,9H2,1-3H3. The highest BCUT2D eigenvalue weighted by Crippen LogP contribution is 2.34. The molecule has 2 rings (SSSR count). The van der Waals surface area contributed by atoms with Crippen molar-refractivity contribution in [3.05, 3.63) is 50.4 Å². The van der Waals surface area contributed by atoms with Gasteiger partial charge in [-0.1, -0.05) is 24.6 Å². The summed E-state index contributed by atoms with van der Waals surface area (Å²) < 4.78 is 0. The fraction of sp³-hybridized carbons (Fsp3) is 0.438. The van der Waals surface area contributed by atoms with E-state index in [2.05, 4.69) is 42.5 Å². The van der Waals surface area contributed by atoms with Gasteiger partial charge in [-0.2, -0.15) is 0 Å². The average molecular weight is 309 g/mol. The maximum absolute atomic E-state index is 6.44. The van der Waals surface area contributed by atoms with Crippen LogP contribution in [0.15, 0.2) is 23.7 Å². The quantitative estimate of drug-likeness (QED) is 0.837. The Hall–Kier alpha value is -0.900. The fourth-order valence-corrected chi connectivity index (χ4v) is 3.59. The molecule has 2 nitrogen and oxygen atoms in total. The second-order valence-corrected chi connectivity index (χ2v) is 6.36. The molecule has 1 N–H and O–H groups in total. The largest absolute Gasteiger partial charge is 0.309 e. The molecule has 0 aliphatic heterocycles. The van der Waals surface area contributed by atoms with Gasteiger partial charge in [0.05, 0.1) is 5.02 Å². The first kappa shape index (κ1) is 15.5. The van der Waals surface area contributed by atoms with Crippen molar-refractivity contribution >= 4 is 22.9 Å². The molecule has 1 atom stereocenters. The number of thiophene rings is 1. The van der Waals surface area contributed by atoms with E-state index in [9.17, 15) is 0 Å². The number of hydrogen-bond acceptors (Lipinski definition) is 3. The van der Waals surface area contributed by atoms with Crippen LogP contribution in [-0.4, -0.2) is 11.5 Å². The Morgan fingerprint density at radius 1 is 1.35 bits per heavy atom. The lowest BCUT2D eigenvalue weighted by atomic mass is 10.0. The summed E-state index contributed by atoms with van der Waals surface area (Å²) in [5, 5.41) is 6.63. The van der Waals surface area contributed by atoms with Gasteiger partial charge in [0, 0.05) is 29.2 Å². The third-order valence-corrected chi connectivity index (χ3v) is 5.23. The molecule has 1 unspecified atom stereocenters. The second-order valence-electron chi connectivity index (χ2n) is 5.07. The maximum Gasteiger partial charge on any atom is 0.0590 e. The number of aryl methyl sites for hydroxylation is 2. The molecule has 0 bridgehead atoms. The maximum atomic E-state index is 6.44. The highest BCUT2D eigenvalue weighted by molar-refractivity contribution is 7.10. The number of pyridine rings is 1. The van der Waals surface area contributed by atoms with Crippen molar-refractivity contribution in [3.63, 3.8) is 0 Å². The number of aromatic nitrogens is 1. The average Bonchev–Trinajstić information content (AvgIpc) is 2.77. The van der Waals surface area contributed by atoms with E-state index in [1.807, 2.05) is 12.3 Å². The summed E-state index contributed by atoms with van der Waals surface area (Å²) in [5.41, 5.74) is 3.54. The molecule has 0 saturated heterocycles. The second kappa shape index (κ2) is 7.21. The molecule has 0 spiro atoms. The highest BCUT2D eigenvalue weighted by Gasteiger charge is 2.19. The minimum absolute atomic E-state index is 0.245. The third kappa shape index (κ3) is 3.60. The number of hydrogen-bond donors (Lipinski definition) is 1. The Labute approximate surface area is 130 Å². The summed E-state index contributed by atoms with van der Waals surface area (Å²) in [5.74, 6) is 0. The van der Waals surface area contributed by atoms with Crippen molar-refractivity contribution < 1.29 is 0 Å². The van der Waals surface area contributed by atoms with Crippen molar-refractivity contribution in [1.29, 1.82) is 0 Å². The van der Waals surface area contributed by atoms with Gasteiger partial charge in [0.2, 0.25) is 0 Å². The van der Waals surface area contributed by atoms with E-state index in [0.717, 1.165) is 35.7 Å². The van der Waals surface area contributed by atoms with Gasteiger partial charge in [0.25, 0.3) is 0 Å². The van der Waals surface area contributed by atoms with Crippen LogP contribution in [0.25, 0.3) is 0 Å². The van der Waals surface area contributed by atoms with Crippen LogP contribution in [0.1, 0.15) is 41.1 Å². The summed E-state index contributed by atoms with van der Waals surface area (Å²) in [6.45, 7) is 7.34. The Morgan fingerprint density at radius 3 is 2.75 bits per heavy atom. The van der Waals surface area contributed by atoms with Gasteiger partial charge in [-0.3, -0.25) is 4.98 Å². The van der Waals surface area contributed by atoms with E-state index in [1.165, 1.54) is 10.4 Å². The van der Waals surface area contributed by atoms with E-state index in [1.54, 1.807) is 11.3 Å². The lowest BCUT2D eigenvalue weighted by Gasteiger charge is -2.18. The topological polar surface area (TPSA) is 24.9 Å². The molecule has 0 saturated carbocycles. The van der Waals surface area contributed by atoms with Crippen LogP contribution in [0.4, 0.5) is 0 Å². The predicted molar refractivity (Wildman–Crippen MR) is 87.8 cm³/mol. The summed E-state index contributed by atoms with van der Waals surface area (Å²) in [6.07, 6.45) is 3.85. The molecule has 0 aromatic carbocycles. The van der Waals surface area contributed by atoms with Gasteiger partial charge >= 0.3 is 0 Å². The van der Waals surface area contributed by atoms with E-state index in [0.29, 0.717) is 0 Å². The molecule has 0 fully saturated rings. The van der Waals surface area contributed by atoms with E-state index >= 15 is 0 Å². The van der Waals surface area contributed by atoms with Crippen molar-refractivity contribution in [3.8, 4) is 0 Å². The van der Waals surface area contributed by atoms with Crippen molar-refractivity contribution in [2.75, 3.05) is 6.54 Å². The first-order valence-corrected chi connectivity index (χ1v) is 8.26.